The zero-order valence-corrected chi connectivity index (χ0v) is 13.9. The molecule has 2 heterocycles. The van der Waals surface area contributed by atoms with Gasteiger partial charge in [0.2, 0.25) is 0 Å². The van der Waals surface area contributed by atoms with Gasteiger partial charge in [-0.2, -0.15) is 0 Å². The molecular formula is C16H17ClN4OS. The highest BCUT2D eigenvalue weighted by Gasteiger charge is 2.10. The van der Waals surface area contributed by atoms with Crippen molar-refractivity contribution in [1.29, 1.82) is 0 Å². The van der Waals surface area contributed by atoms with Gasteiger partial charge < -0.3 is 16.5 Å². The molecule has 0 fully saturated rings. The van der Waals surface area contributed by atoms with Crippen LogP contribution in [0, 0.1) is 0 Å². The first kappa shape index (κ1) is 17.2. The Morgan fingerprint density at radius 1 is 1.04 bits per heavy atom. The lowest BCUT2D eigenvalue weighted by molar-refractivity contribution is 0.824. The van der Waals surface area contributed by atoms with E-state index in [0.717, 1.165) is 51.0 Å². The number of hydrogen-bond donors (Lipinski definition) is 2. The molecule has 1 aliphatic rings. The van der Waals surface area contributed by atoms with Crippen LogP contribution in [-0.2, 0) is 0 Å². The van der Waals surface area contributed by atoms with Crippen LogP contribution < -0.4 is 11.1 Å². The molecule has 0 saturated carbocycles. The summed E-state index contributed by atoms with van der Waals surface area (Å²) in [6, 6.07) is 14.2. The van der Waals surface area contributed by atoms with Crippen LogP contribution in [0.25, 0.3) is 20.8 Å². The molecule has 2 aromatic carbocycles. The summed E-state index contributed by atoms with van der Waals surface area (Å²) in [4.78, 5) is 9.10. The van der Waals surface area contributed by atoms with E-state index in [1.54, 1.807) is 11.3 Å². The average Bonchev–Trinajstić information content (AvgIpc) is 3.16. The molecule has 0 atom stereocenters. The number of aromatic nitrogens is 1. The fourth-order valence-corrected chi connectivity index (χ4v) is 3.45. The Balaban J connectivity index is 0.000000960. The van der Waals surface area contributed by atoms with Gasteiger partial charge in [-0.1, -0.05) is 24.3 Å². The van der Waals surface area contributed by atoms with Crippen molar-refractivity contribution in [2.24, 2.45) is 4.99 Å². The highest BCUT2D eigenvalue weighted by molar-refractivity contribution is 7.21. The topological polar surface area (TPSA) is 94.8 Å². The Morgan fingerprint density at radius 2 is 1.78 bits per heavy atom. The number of nitrogen functional groups attached to an aromatic ring is 1. The van der Waals surface area contributed by atoms with Gasteiger partial charge >= 0.3 is 0 Å². The second-order valence-electron chi connectivity index (χ2n) is 4.98. The predicted molar refractivity (Wildman–Crippen MR) is 99.7 cm³/mol. The van der Waals surface area contributed by atoms with Crippen molar-refractivity contribution >= 4 is 45.5 Å². The summed E-state index contributed by atoms with van der Waals surface area (Å²) in [7, 11) is 0. The minimum absolute atomic E-state index is 0. The molecule has 0 unspecified atom stereocenters. The number of benzene rings is 2. The van der Waals surface area contributed by atoms with Crippen molar-refractivity contribution in [2.75, 3.05) is 18.8 Å². The molecule has 0 amide bonds. The third-order valence-electron chi connectivity index (χ3n) is 3.49. The summed E-state index contributed by atoms with van der Waals surface area (Å²) < 4.78 is 1.12. The number of thiazole rings is 1. The molecule has 5 N–H and O–H groups in total. The molecule has 1 aromatic heterocycles. The number of rotatable bonds is 2. The standard InChI is InChI=1S/C16H14N4S.ClH.H2O/c17-12-5-6-13-14(9-12)21-16(20-13)11-3-1-10(2-4-11)15-18-7-8-19-15;;/h1-6,9H,7-8,17H2,(H,18,19);1H;1H2. The van der Waals surface area contributed by atoms with E-state index in [9.17, 15) is 0 Å². The van der Waals surface area contributed by atoms with Crippen LogP contribution in [0.3, 0.4) is 0 Å². The van der Waals surface area contributed by atoms with Crippen LogP contribution in [0.2, 0.25) is 0 Å². The molecule has 0 radical (unpaired) electrons. The Bertz CT molecular complexity index is 845. The van der Waals surface area contributed by atoms with Gasteiger partial charge in [-0.15, -0.1) is 23.7 Å². The third kappa shape index (κ3) is 3.29. The molecular weight excluding hydrogens is 332 g/mol. The van der Waals surface area contributed by atoms with Gasteiger partial charge in [0, 0.05) is 23.4 Å². The van der Waals surface area contributed by atoms with Crippen molar-refractivity contribution in [3.05, 3.63) is 48.0 Å². The van der Waals surface area contributed by atoms with E-state index in [0.29, 0.717) is 0 Å². The largest absolute Gasteiger partial charge is 0.412 e. The number of amidine groups is 1. The van der Waals surface area contributed by atoms with Crippen LogP contribution in [-0.4, -0.2) is 29.4 Å². The maximum Gasteiger partial charge on any atom is 0.128 e. The predicted octanol–water partition coefficient (Wildman–Crippen LogP) is 2.49. The van der Waals surface area contributed by atoms with Crippen molar-refractivity contribution in [1.82, 2.24) is 10.3 Å². The number of anilines is 1. The first-order valence-corrected chi connectivity index (χ1v) is 7.66. The molecule has 3 aromatic rings. The number of nitrogens with zero attached hydrogens (tertiary/aromatic N) is 2. The second kappa shape index (κ2) is 6.95. The van der Waals surface area contributed by atoms with E-state index in [-0.39, 0.29) is 17.9 Å². The normalized spacial score (nSPS) is 13.0. The summed E-state index contributed by atoms with van der Waals surface area (Å²) in [6.07, 6.45) is 0. The van der Waals surface area contributed by atoms with Crippen LogP contribution in [0.1, 0.15) is 5.56 Å². The fraction of sp³-hybridized carbons (Fsp3) is 0.125. The van der Waals surface area contributed by atoms with E-state index in [2.05, 4.69) is 39.6 Å². The number of nitrogens with one attached hydrogen (secondary N) is 1. The molecule has 0 aliphatic carbocycles. The van der Waals surface area contributed by atoms with Gasteiger partial charge in [0.25, 0.3) is 0 Å². The summed E-state index contributed by atoms with van der Waals surface area (Å²) in [5.41, 5.74) is 9.84. The average molecular weight is 349 g/mol. The minimum Gasteiger partial charge on any atom is -0.412 e. The molecule has 1 aliphatic heterocycles. The second-order valence-corrected chi connectivity index (χ2v) is 6.01. The number of nitrogens with two attached hydrogens (primary N) is 1. The molecule has 0 bridgehead atoms. The highest BCUT2D eigenvalue weighted by Crippen LogP contribution is 2.31. The molecule has 120 valence electrons. The van der Waals surface area contributed by atoms with E-state index in [1.165, 1.54) is 0 Å². The zero-order chi connectivity index (χ0) is 14.2. The highest BCUT2D eigenvalue weighted by atomic mass is 35.5. The lowest BCUT2D eigenvalue weighted by Crippen LogP contribution is -2.19. The summed E-state index contributed by atoms with van der Waals surface area (Å²) in [5.74, 6) is 0.985. The lowest BCUT2D eigenvalue weighted by atomic mass is 10.1. The first-order chi connectivity index (χ1) is 10.3. The quantitative estimate of drug-likeness (QED) is 0.696. The molecule has 23 heavy (non-hydrogen) atoms. The van der Waals surface area contributed by atoms with Gasteiger partial charge in [0.1, 0.15) is 10.8 Å². The van der Waals surface area contributed by atoms with Gasteiger partial charge in [-0.3, -0.25) is 4.99 Å². The van der Waals surface area contributed by atoms with Crippen molar-refractivity contribution in [2.45, 2.75) is 0 Å². The summed E-state index contributed by atoms with van der Waals surface area (Å²) >= 11 is 1.67. The van der Waals surface area contributed by atoms with E-state index < -0.39 is 0 Å². The maximum atomic E-state index is 5.82. The number of hydrogen-bond acceptors (Lipinski definition) is 5. The third-order valence-corrected chi connectivity index (χ3v) is 4.56. The van der Waals surface area contributed by atoms with E-state index in [1.807, 2.05) is 18.2 Å². The first-order valence-electron chi connectivity index (χ1n) is 6.85. The summed E-state index contributed by atoms with van der Waals surface area (Å²) in [6.45, 7) is 1.78. The van der Waals surface area contributed by atoms with Gasteiger partial charge in [-0.25, -0.2) is 4.98 Å². The zero-order valence-electron chi connectivity index (χ0n) is 12.2. The molecule has 7 heteroatoms. The molecule has 5 nitrogen and oxygen atoms in total. The van der Waals surface area contributed by atoms with Crippen molar-refractivity contribution in [3.63, 3.8) is 0 Å². The lowest BCUT2D eigenvalue weighted by Gasteiger charge is -2.03. The van der Waals surface area contributed by atoms with E-state index >= 15 is 0 Å². The van der Waals surface area contributed by atoms with Crippen LogP contribution in [0.15, 0.2) is 47.5 Å². The van der Waals surface area contributed by atoms with Gasteiger partial charge in [0.15, 0.2) is 0 Å². The van der Waals surface area contributed by atoms with Crippen molar-refractivity contribution < 1.29 is 5.48 Å². The van der Waals surface area contributed by atoms with Gasteiger partial charge in [-0.05, 0) is 18.2 Å². The van der Waals surface area contributed by atoms with Crippen LogP contribution in [0.5, 0.6) is 0 Å². The minimum atomic E-state index is 0. The van der Waals surface area contributed by atoms with Crippen LogP contribution in [0.4, 0.5) is 5.69 Å². The maximum absolute atomic E-state index is 5.82. The smallest absolute Gasteiger partial charge is 0.128 e. The fourth-order valence-electron chi connectivity index (χ4n) is 2.43. The summed E-state index contributed by atoms with van der Waals surface area (Å²) in [5, 5.41) is 4.30. The number of fused-ring (bicyclic) bond motifs is 1. The van der Waals surface area contributed by atoms with Gasteiger partial charge in [0.05, 0.1) is 16.8 Å². The molecule has 0 saturated heterocycles. The monoisotopic (exact) mass is 348 g/mol. The number of halogens is 1. The Hall–Kier alpha value is -2.15. The Labute approximate surface area is 144 Å². The van der Waals surface area contributed by atoms with Crippen molar-refractivity contribution in [3.8, 4) is 10.6 Å². The SMILES string of the molecule is Cl.Nc1ccc2nc(-c3ccc(C4=NCCN4)cc3)sc2c1.O. The van der Waals surface area contributed by atoms with Crippen LogP contribution >= 0.6 is 23.7 Å². The van der Waals surface area contributed by atoms with E-state index in [4.69, 9.17) is 5.73 Å². The Morgan fingerprint density at radius 3 is 2.48 bits per heavy atom. The Kier molecular flexibility index (Phi) is 5.20. The molecule has 0 spiro atoms. The number of aliphatic imine (C=N–C) groups is 1. The molecule has 4 rings (SSSR count).